The van der Waals surface area contributed by atoms with Crippen LogP contribution in [0.2, 0.25) is 0 Å². The molecule has 0 aromatic carbocycles. The highest BCUT2D eigenvalue weighted by Crippen LogP contribution is 2.21. The lowest BCUT2D eigenvalue weighted by atomic mass is 10.1. The van der Waals surface area contributed by atoms with Gasteiger partial charge in [-0.25, -0.2) is 8.78 Å². The van der Waals surface area contributed by atoms with E-state index in [4.69, 9.17) is 0 Å². The SMILES string of the molecule is FC(F)C(F)(F)CNCC1CCCCCN1. The number of rotatable bonds is 5. The van der Waals surface area contributed by atoms with Crippen LogP contribution in [0.1, 0.15) is 25.7 Å². The zero-order valence-electron chi connectivity index (χ0n) is 9.12. The third kappa shape index (κ3) is 4.65. The molecule has 1 heterocycles. The molecule has 0 bridgehead atoms. The highest BCUT2D eigenvalue weighted by atomic mass is 19.3. The summed E-state index contributed by atoms with van der Waals surface area (Å²) >= 11 is 0. The molecule has 1 rings (SSSR count). The maximum atomic E-state index is 12.5. The summed E-state index contributed by atoms with van der Waals surface area (Å²) in [5, 5.41) is 5.61. The Labute approximate surface area is 92.8 Å². The number of hydrogen-bond donors (Lipinski definition) is 2. The van der Waals surface area contributed by atoms with Crippen LogP contribution >= 0.6 is 0 Å². The van der Waals surface area contributed by atoms with E-state index in [9.17, 15) is 17.6 Å². The Bertz CT molecular complexity index is 191. The fourth-order valence-electron chi connectivity index (χ4n) is 1.77. The molecule has 96 valence electrons. The van der Waals surface area contributed by atoms with E-state index in [1.807, 2.05) is 0 Å². The molecule has 1 saturated heterocycles. The second-order valence-corrected chi connectivity index (χ2v) is 4.19. The lowest BCUT2D eigenvalue weighted by Crippen LogP contribution is -2.44. The Hall–Kier alpha value is -0.360. The fraction of sp³-hybridized carbons (Fsp3) is 1.00. The van der Waals surface area contributed by atoms with Crippen molar-refractivity contribution in [3.8, 4) is 0 Å². The van der Waals surface area contributed by atoms with Gasteiger partial charge in [-0.2, -0.15) is 8.78 Å². The van der Waals surface area contributed by atoms with Gasteiger partial charge in [0.1, 0.15) is 0 Å². The molecule has 0 amide bonds. The molecule has 1 fully saturated rings. The third-order valence-corrected chi connectivity index (χ3v) is 2.73. The summed E-state index contributed by atoms with van der Waals surface area (Å²) in [6.45, 7) is 0.239. The normalized spacial score (nSPS) is 23.4. The summed E-state index contributed by atoms with van der Waals surface area (Å²) in [5.41, 5.74) is 0. The van der Waals surface area contributed by atoms with Gasteiger partial charge in [-0.05, 0) is 19.4 Å². The number of alkyl halides is 4. The first-order valence-corrected chi connectivity index (χ1v) is 5.62. The summed E-state index contributed by atoms with van der Waals surface area (Å²) in [6.07, 6.45) is 0.597. The molecule has 1 unspecified atom stereocenters. The van der Waals surface area contributed by atoms with Crippen LogP contribution in [0, 0.1) is 0 Å². The molecule has 0 radical (unpaired) electrons. The molecule has 1 aliphatic rings. The van der Waals surface area contributed by atoms with Gasteiger partial charge in [0.05, 0.1) is 6.54 Å². The smallest absolute Gasteiger partial charge is 0.313 e. The fourth-order valence-corrected chi connectivity index (χ4v) is 1.77. The Morgan fingerprint density at radius 1 is 1.25 bits per heavy atom. The molecule has 2 nitrogen and oxygen atoms in total. The van der Waals surface area contributed by atoms with Crippen molar-refractivity contribution in [3.05, 3.63) is 0 Å². The van der Waals surface area contributed by atoms with E-state index >= 15 is 0 Å². The van der Waals surface area contributed by atoms with Crippen molar-refractivity contribution in [2.75, 3.05) is 19.6 Å². The predicted octanol–water partition coefficient (Wildman–Crippen LogP) is 2.01. The van der Waals surface area contributed by atoms with Crippen LogP contribution in [0.15, 0.2) is 0 Å². The molecule has 0 aliphatic carbocycles. The Morgan fingerprint density at radius 2 is 2.00 bits per heavy atom. The molecular formula is C10H18F4N2. The van der Waals surface area contributed by atoms with Crippen LogP contribution in [0.5, 0.6) is 0 Å². The van der Waals surface area contributed by atoms with Crippen LogP contribution in [-0.4, -0.2) is 38.0 Å². The van der Waals surface area contributed by atoms with E-state index in [1.54, 1.807) is 0 Å². The summed E-state index contributed by atoms with van der Waals surface area (Å²) in [4.78, 5) is 0. The Kier molecular flexibility index (Phi) is 5.48. The van der Waals surface area contributed by atoms with Crippen molar-refractivity contribution < 1.29 is 17.6 Å². The summed E-state index contributed by atoms with van der Waals surface area (Å²) in [6, 6.07) is 0.121. The van der Waals surface area contributed by atoms with Gasteiger partial charge in [-0.3, -0.25) is 0 Å². The largest absolute Gasteiger partial charge is 0.319 e. The number of nitrogens with one attached hydrogen (secondary N) is 2. The minimum Gasteiger partial charge on any atom is -0.313 e. The minimum atomic E-state index is -3.93. The average molecular weight is 242 g/mol. The standard InChI is InChI=1S/C10H18F4N2/c11-9(12)10(13,14)7-15-6-8-4-2-1-3-5-16-8/h8-9,15-16H,1-7H2. The molecule has 2 N–H and O–H groups in total. The van der Waals surface area contributed by atoms with Crippen LogP contribution in [0.3, 0.4) is 0 Å². The zero-order chi connectivity index (χ0) is 12.0. The van der Waals surface area contributed by atoms with Gasteiger partial charge in [-0.15, -0.1) is 0 Å². The number of halogens is 4. The second-order valence-electron chi connectivity index (χ2n) is 4.19. The quantitative estimate of drug-likeness (QED) is 0.721. The van der Waals surface area contributed by atoms with Crippen molar-refractivity contribution in [2.45, 2.75) is 44.1 Å². The van der Waals surface area contributed by atoms with Gasteiger partial charge in [0.15, 0.2) is 0 Å². The van der Waals surface area contributed by atoms with Gasteiger partial charge in [0.25, 0.3) is 0 Å². The van der Waals surface area contributed by atoms with Crippen LogP contribution in [0.25, 0.3) is 0 Å². The molecule has 1 aliphatic heterocycles. The highest BCUT2D eigenvalue weighted by molar-refractivity contribution is 4.77. The molecule has 0 aromatic heterocycles. The first-order valence-electron chi connectivity index (χ1n) is 5.62. The average Bonchev–Trinajstić information content (AvgIpc) is 2.46. The first kappa shape index (κ1) is 13.7. The predicted molar refractivity (Wildman–Crippen MR) is 54.1 cm³/mol. The molecule has 0 aromatic rings. The first-order chi connectivity index (χ1) is 7.52. The second kappa shape index (κ2) is 6.39. The molecule has 1 atom stereocenters. The Balaban J connectivity index is 2.18. The van der Waals surface area contributed by atoms with Gasteiger partial charge in [0.2, 0.25) is 0 Å². The lowest BCUT2D eigenvalue weighted by Gasteiger charge is -2.20. The van der Waals surface area contributed by atoms with Gasteiger partial charge >= 0.3 is 12.3 Å². The number of hydrogen-bond acceptors (Lipinski definition) is 2. The van der Waals surface area contributed by atoms with Crippen molar-refractivity contribution in [3.63, 3.8) is 0 Å². The maximum Gasteiger partial charge on any atom is 0.319 e. The summed E-state index contributed by atoms with van der Waals surface area (Å²) in [7, 11) is 0. The van der Waals surface area contributed by atoms with Crippen molar-refractivity contribution in [2.24, 2.45) is 0 Å². The van der Waals surface area contributed by atoms with E-state index in [0.29, 0.717) is 6.54 Å². The van der Waals surface area contributed by atoms with E-state index < -0.39 is 18.9 Å². The summed E-state index contributed by atoms with van der Waals surface area (Å²) in [5.74, 6) is -3.93. The maximum absolute atomic E-state index is 12.5. The summed E-state index contributed by atoms with van der Waals surface area (Å²) < 4.78 is 48.8. The molecule has 0 saturated carbocycles. The van der Waals surface area contributed by atoms with Gasteiger partial charge in [0, 0.05) is 12.6 Å². The highest BCUT2D eigenvalue weighted by Gasteiger charge is 2.40. The van der Waals surface area contributed by atoms with Gasteiger partial charge < -0.3 is 10.6 Å². The third-order valence-electron chi connectivity index (χ3n) is 2.73. The van der Waals surface area contributed by atoms with E-state index in [2.05, 4.69) is 10.6 Å². The van der Waals surface area contributed by atoms with E-state index in [0.717, 1.165) is 32.2 Å². The lowest BCUT2D eigenvalue weighted by molar-refractivity contribution is -0.125. The van der Waals surface area contributed by atoms with Crippen LogP contribution in [0.4, 0.5) is 17.6 Å². The van der Waals surface area contributed by atoms with Crippen molar-refractivity contribution >= 4 is 0 Å². The minimum absolute atomic E-state index is 0.121. The van der Waals surface area contributed by atoms with Crippen molar-refractivity contribution in [1.82, 2.24) is 10.6 Å². The molecule has 0 spiro atoms. The zero-order valence-corrected chi connectivity index (χ0v) is 9.12. The van der Waals surface area contributed by atoms with E-state index in [-0.39, 0.29) is 6.04 Å². The Morgan fingerprint density at radius 3 is 2.69 bits per heavy atom. The van der Waals surface area contributed by atoms with Crippen molar-refractivity contribution in [1.29, 1.82) is 0 Å². The monoisotopic (exact) mass is 242 g/mol. The molecular weight excluding hydrogens is 224 g/mol. The molecule has 16 heavy (non-hydrogen) atoms. The van der Waals surface area contributed by atoms with Crippen LogP contribution in [-0.2, 0) is 0 Å². The van der Waals surface area contributed by atoms with Crippen LogP contribution < -0.4 is 10.6 Å². The van der Waals surface area contributed by atoms with Gasteiger partial charge in [-0.1, -0.05) is 12.8 Å². The molecule has 6 heteroatoms. The topological polar surface area (TPSA) is 24.1 Å². The van der Waals surface area contributed by atoms with E-state index in [1.165, 1.54) is 0 Å².